The van der Waals surface area contributed by atoms with Crippen LogP contribution in [0, 0.1) is 0 Å². The highest BCUT2D eigenvalue weighted by Gasteiger charge is 2.31. The van der Waals surface area contributed by atoms with Gasteiger partial charge >= 0.3 is 0 Å². The Balaban J connectivity index is 2.16. The fourth-order valence-electron chi connectivity index (χ4n) is 1.65. The van der Waals surface area contributed by atoms with Gasteiger partial charge in [0, 0.05) is 0 Å². The molecule has 0 radical (unpaired) electrons. The zero-order valence-corrected chi connectivity index (χ0v) is 8.71. The van der Waals surface area contributed by atoms with Gasteiger partial charge in [-0.1, -0.05) is 0 Å². The lowest BCUT2D eigenvalue weighted by Crippen LogP contribution is -2.28. The predicted molar refractivity (Wildman–Crippen MR) is 54.1 cm³/mol. The molecule has 1 aliphatic rings. The maximum atomic E-state index is 11.4. The topological polar surface area (TPSA) is 37.4 Å². The highest BCUT2D eigenvalue weighted by Crippen LogP contribution is 2.25. The Morgan fingerprint density at radius 2 is 2.29 bits per heavy atom. The van der Waals surface area contributed by atoms with Crippen molar-refractivity contribution in [2.45, 2.75) is 19.4 Å². The molecule has 0 saturated carbocycles. The van der Waals surface area contributed by atoms with Crippen LogP contribution in [0.3, 0.4) is 0 Å². The van der Waals surface area contributed by atoms with Crippen LogP contribution in [0.1, 0.15) is 24.9 Å². The molecule has 4 heteroatoms. The van der Waals surface area contributed by atoms with Crippen LogP contribution in [0.5, 0.6) is 0 Å². The molecule has 1 aromatic rings. The lowest BCUT2D eigenvalue weighted by molar-refractivity contribution is -0.129. The van der Waals surface area contributed by atoms with Gasteiger partial charge in [-0.15, -0.1) is 0 Å². The smallest absolute Gasteiger partial charge is 0.230 e. The number of hydrogen-bond donors (Lipinski definition) is 0. The van der Waals surface area contributed by atoms with Crippen molar-refractivity contribution in [3.8, 4) is 0 Å². The van der Waals surface area contributed by atoms with Crippen LogP contribution in [0.4, 0.5) is 0 Å². The van der Waals surface area contributed by atoms with Crippen molar-refractivity contribution in [2.75, 3.05) is 6.54 Å². The Labute approximate surface area is 86.3 Å². The largest absolute Gasteiger partial charge is 0.328 e. The summed E-state index contributed by atoms with van der Waals surface area (Å²) in [4.78, 5) is 24.2. The molecule has 1 aromatic heterocycles. The van der Waals surface area contributed by atoms with E-state index in [2.05, 4.69) is 0 Å². The summed E-state index contributed by atoms with van der Waals surface area (Å²) in [6.45, 7) is 2.23. The van der Waals surface area contributed by atoms with Crippen LogP contribution in [0.15, 0.2) is 16.8 Å². The molecule has 74 valence electrons. The zero-order valence-electron chi connectivity index (χ0n) is 7.90. The molecule has 1 atom stereocenters. The first kappa shape index (κ1) is 9.40. The molecule has 1 amide bonds. The van der Waals surface area contributed by atoms with E-state index in [0.717, 1.165) is 5.56 Å². The SMILES string of the molecule is CC(c1ccsc1)N1CC(=O)CC1=O. The number of Topliss-reactive ketones (excluding diaryl/α,β-unsaturated/α-hetero) is 1. The Hall–Kier alpha value is -1.16. The zero-order chi connectivity index (χ0) is 10.1. The molecule has 0 bridgehead atoms. The molecule has 1 saturated heterocycles. The number of ketones is 1. The van der Waals surface area contributed by atoms with Gasteiger partial charge in [-0.25, -0.2) is 0 Å². The quantitative estimate of drug-likeness (QED) is 0.694. The number of amides is 1. The fraction of sp³-hybridized carbons (Fsp3) is 0.400. The molecule has 1 unspecified atom stereocenters. The third kappa shape index (κ3) is 1.57. The average molecular weight is 209 g/mol. The first-order valence-electron chi connectivity index (χ1n) is 4.52. The van der Waals surface area contributed by atoms with Gasteiger partial charge in [0.05, 0.1) is 19.0 Å². The summed E-state index contributed by atoms with van der Waals surface area (Å²) in [5.74, 6) is -0.0224. The van der Waals surface area contributed by atoms with E-state index in [1.54, 1.807) is 16.2 Å². The molecule has 1 fully saturated rings. The van der Waals surface area contributed by atoms with Gasteiger partial charge in [-0.2, -0.15) is 11.3 Å². The summed E-state index contributed by atoms with van der Waals surface area (Å²) >= 11 is 1.61. The number of rotatable bonds is 2. The molecule has 3 nitrogen and oxygen atoms in total. The van der Waals surface area contributed by atoms with Crippen molar-refractivity contribution in [1.29, 1.82) is 0 Å². The van der Waals surface area contributed by atoms with Gasteiger partial charge in [0.2, 0.25) is 5.91 Å². The van der Waals surface area contributed by atoms with Crippen LogP contribution in [-0.4, -0.2) is 23.1 Å². The van der Waals surface area contributed by atoms with Crippen molar-refractivity contribution in [1.82, 2.24) is 4.90 Å². The minimum absolute atomic E-state index is 0.0251. The number of nitrogens with zero attached hydrogens (tertiary/aromatic N) is 1. The van der Waals surface area contributed by atoms with Gasteiger partial charge in [-0.3, -0.25) is 9.59 Å². The maximum Gasteiger partial charge on any atom is 0.230 e. The van der Waals surface area contributed by atoms with Gasteiger partial charge in [0.25, 0.3) is 0 Å². The number of carbonyl (C=O) groups is 2. The highest BCUT2D eigenvalue weighted by atomic mass is 32.1. The molecule has 2 rings (SSSR count). The third-order valence-corrected chi connectivity index (χ3v) is 3.21. The van der Waals surface area contributed by atoms with E-state index in [1.807, 2.05) is 23.8 Å². The van der Waals surface area contributed by atoms with E-state index in [4.69, 9.17) is 0 Å². The summed E-state index contributed by atoms with van der Waals surface area (Å²) in [6, 6.07) is 2.02. The van der Waals surface area contributed by atoms with Gasteiger partial charge in [0.15, 0.2) is 5.78 Å². The first-order chi connectivity index (χ1) is 6.68. The number of hydrogen-bond acceptors (Lipinski definition) is 3. The van der Waals surface area contributed by atoms with Gasteiger partial charge in [0.1, 0.15) is 0 Å². The van der Waals surface area contributed by atoms with E-state index < -0.39 is 0 Å². The monoisotopic (exact) mass is 209 g/mol. The highest BCUT2D eigenvalue weighted by molar-refractivity contribution is 7.07. The minimum Gasteiger partial charge on any atom is -0.328 e. The normalized spacial score (nSPS) is 19.1. The van der Waals surface area contributed by atoms with Crippen LogP contribution < -0.4 is 0 Å². The summed E-state index contributed by atoms with van der Waals surface area (Å²) in [5.41, 5.74) is 1.11. The van der Waals surface area contributed by atoms with Crippen LogP contribution in [-0.2, 0) is 9.59 Å². The molecule has 2 heterocycles. The third-order valence-electron chi connectivity index (χ3n) is 2.51. The second-order valence-electron chi connectivity index (χ2n) is 3.47. The summed E-state index contributed by atoms with van der Waals surface area (Å²) in [6.07, 6.45) is 0.0779. The van der Waals surface area contributed by atoms with Gasteiger partial charge in [-0.05, 0) is 29.3 Å². The van der Waals surface area contributed by atoms with E-state index in [1.165, 1.54) is 0 Å². The fourth-order valence-corrected chi connectivity index (χ4v) is 2.40. The molecule has 14 heavy (non-hydrogen) atoms. The summed E-state index contributed by atoms with van der Waals surface area (Å²) in [7, 11) is 0. The minimum atomic E-state index is -0.0475. The average Bonchev–Trinajstić information content (AvgIpc) is 2.73. The Kier molecular flexibility index (Phi) is 2.37. The maximum absolute atomic E-state index is 11.4. The lowest BCUT2D eigenvalue weighted by atomic mass is 10.1. The molecule has 0 aromatic carbocycles. The van der Waals surface area contributed by atoms with Crippen molar-refractivity contribution in [3.05, 3.63) is 22.4 Å². The second kappa shape index (κ2) is 3.53. The Morgan fingerprint density at radius 3 is 2.79 bits per heavy atom. The number of thiophene rings is 1. The van der Waals surface area contributed by atoms with Crippen LogP contribution >= 0.6 is 11.3 Å². The van der Waals surface area contributed by atoms with Crippen molar-refractivity contribution >= 4 is 23.0 Å². The van der Waals surface area contributed by atoms with Crippen molar-refractivity contribution in [2.24, 2.45) is 0 Å². The van der Waals surface area contributed by atoms with E-state index in [-0.39, 0.29) is 30.7 Å². The molecule has 0 aliphatic carbocycles. The number of carbonyl (C=O) groups excluding carboxylic acids is 2. The molecular weight excluding hydrogens is 198 g/mol. The van der Waals surface area contributed by atoms with Crippen LogP contribution in [0.25, 0.3) is 0 Å². The standard InChI is InChI=1S/C10H11NO2S/c1-7(8-2-3-14-6-8)11-5-9(12)4-10(11)13/h2-3,6-7H,4-5H2,1H3. The molecule has 0 spiro atoms. The van der Waals surface area contributed by atoms with Crippen molar-refractivity contribution < 1.29 is 9.59 Å². The predicted octanol–water partition coefficient (Wildman–Crippen LogP) is 1.61. The second-order valence-corrected chi connectivity index (χ2v) is 4.25. The van der Waals surface area contributed by atoms with Crippen LogP contribution in [0.2, 0.25) is 0 Å². The summed E-state index contributed by atoms with van der Waals surface area (Å²) in [5, 5.41) is 3.99. The van der Waals surface area contributed by atoms with E-state index in [9.17, 15) is 9.59 Å². The summed E-state index contributed by atoms with van der Waals surface area (Å²) < 4.78 is 0. The van der Waals surface area contributed by atoms with E-state index in [0.29, 0.717) is 0 Å². The van der Waals surface area contributed by atoms with Gasteiger partial charge < -0.3 is 4.90 Å². The van der Waals surface area contributed by atoms with E-state index >= 15 is 0 Å². The molecular formula is C10H11NO2S. The molecule has 1 aliphatic heterocycles. The van der Waals surface area contributed by atoms with Crippen molar-refractivity contribution in [3.63, 3.8) is 0 Å². The number of likely N-dealkylation sites (tertiary alicyclic amines) is 1. The Morgan fingerprint density at radius 1 is 1.50 bits per heavy atom. The lowest BCUT2D eigenvalue weighted by Gasteiger charge is -2.22. The first-order valence-corrected chi connectivity index (χ1v) is 5.46. The molecule has 0 N–H and O–H groups in total. The Bertz CT molecular complexity index is 358.